The maximum absolute atomic E-state index is 5.35. The Balaban J connectivity index is 2.81. The highest BCUT2D eigenvalue weighted by Crippen LogP contribution is 2.20. The highest BCUT2D eigenvalue weighted by Gasteiger charge is 2.11. The molecular weight excluding hydrogens is 138 g/mol. The van der Waals surface area contributed by atoms with Gasteiger partial charge in [0.2, 0.25) is 0 Å². The molecule has 1 atom stereocenters. The van der Waals surface area contributed by atoms with Gasteiger partial charge in [0, 0.05) is 0 Å². The number of furan rings is 1. The Bertz CT molecular complexity index is 213. The van der Waals surface area contributed by atoms with Crippen molar-refractivity contribution in [2.24, 2.45) is 0 Å². The van der Waals surface area contributed by atoms with Crippen LogP contribution in [-0.2, 0) is 0 Å². The second kappa shape index (κ2) is 3.58. The molecule has 1 N–H and O–H groups in total. The van der Waals surface area contributed by atoms with Gasteiger partial charge >= 0.3 is 0 Å². The summed E-state index contributed by atoms with van der Waals surface area (Å²) in [5.41, 5.74) is 1.23. The maximum Gasteiger partial charge on any atom is 0.123 e. The topological polar surface area (TPSA) is 25.2 Å². The Labute approximate surface area is 67.6 Å². The third kappa shape index (κ3) is 1.63. The highest BCUT2D eigenvalue weighted by atomic mass is 16.3. The lowest BCUT2D eigenvalue weighted by Crippen LogP contribution is -2.15. The van der Waals surface area contributed by atoms with Crippen molar-refractivity contribution in [1.82, 2.24) is 5.32 Å². The zero-order valence-corrected chi connectivity index (χ0v) is 7.35. The normalized spacial score (nSPS) is 13.4. The van der Waals surface area contributed by atoms with Crippen LogP contribution in [0.2, 0.25) is 0 Å². The third-order valence-corrected chi connectivity index (χ3v) is 1.97. The first-order chi connectivity index (χ1) is 5.29. The summed E-state index contributed by atoms with van der Waals surface area (Å²) in [5, 5.41) is 3.20. The van der Waals surface area contributed by atoms with Crippen molar-refractivity contribution < 1.29 is 4.42 Å². The molecule has 0 aromatic carbocycles. The number of hydrogen-bond acceptors (Lipinski definition) is 2. The first kappa shape index (κ1) is 8.34. The van der Waals surface area contributed by atoms with Gasteiger partial charge < -0.3 is 9.73 Å². The maximum atomic E-state index is 5.35. The summed E-state index contributed by atoms with van der Waals surface area (Å²) in [5.74, 6) is 1.06. The van der Waals surface area contributed by atoms with Crippen molar-refractivity contribution in [3.63, 3.8) is 0 Å². The molecule has 0 amide bonds. The van der Waals surface area contributed by atoms with Gasteiger partial charge in [-0.05, 0) is 32.0 Å². The largest absolute Gasteiger partial charge is 0.467 e. The van der Waals surface area contributed by atoms with E-state index in [2.05, 4.69) is 19.2 Å². The minimum Gasteiger partial charge on any atom is -0.467 e. The SMILES string of the molecule is CCC(NC)c1occc1C. The summed E-state index contributed by atoms with van der Waals surface area (Å²) in [6.45, 7) is 4.21. The van der Waals surface area contributed by atoms with E-state index < -0.39 is 0 Å². The van der Waals surface area contributed by atoms with Crippen LogP contribution in [0.5, 0.6) is 0 Å². The molecule has 0 aliphatic carbocycles. The fourth-order valence-corrected chi connectivity index (χ4v) is 1.26. The monoisotopic (exact) mass is 153 g/mol. The van der Waals surface area contributed by atoms with E-state index in [0.29, 0.717) is 6.04 Å². The van der Waals surface area contributed by atoms with Gasteiger partial charge in [0.25, 0.3) is 0 Å². The summed E-state index contributed by atoms with van der Waals surface area (Å²) in [7, 11) is 1.95. The predicted octanol–water partition coefficient (Wildman–Crippen LogP) is 2.26. The van der Waals surface area contributed by atoms with Crippen LogP contribution in [0.15, 0.2) is 16.7 Å². The minimum atomic E-state index is 0.366. The van der Waals surface area contributed by atoms with E-state index in [1.807, 2.05) is 13.1 Å². The molecule has 1 rings (SSSR count). The van der Waals surface area contributed by atoms with E-state index in [0.717, 1.165) is 12.2 Å². The van der Waals surface area contributed by atoms with Crippen molar-refractivity contribution in [2.75, 3.05) is 7.05 Å². The molecule has 0 bridgehead atoms. The van der Waals surface area contributed by atoms with Crippen molar-refractivity contribution in [1.29, 1.82) is 0 Å². The van der Waals surface area contributed by atoms with Crippen LogP contribution in [0.4, 0.5) is 0 Å². The molecule has 62 valence electrons. The average Bonchev–Trinajstić information content (AvgIpc) is 2.40. The van der Waals surface area contributed by atoms with Gasteiger partial charge in [-0.2, -0.15) is 0 Å². The molecule has 0 aliphatic rings. The summed E-state index contributed by atoms with van der Waals surface area (Å²) < 4.78 is 5.35. The van der Waals surface area contributed by atoms with E-state index in [1.54, 1.807) is 6.26 Å². The highest BCUT2D eigenvalue weighted by molar-refractivity contribution is 5.17. The van der Waals surface area contributed by atoms with Gasteiger partial charge in [0.1, 0.15) is 5.76 Å². The molecule has 1 aromatic heterocycles. The van der Waals surface area contributed by atoms with E-state index >= 15 is 0 Å². The van der Waals surface area contributed by atoms with Crippen LogP contribution >= 0.6 is 0 Å². The van der Waals surface area contributed by atoms with E-state index in [4.69, 9.17) is 4.42 Å². The summed E-state index contributed by atoms with van der Waals surface area (Å²) in [6.07, 6.45) is 2.80. The van der Waals surface area contributed by atoms with Crippen LogP contribution in [0.1, 0.15) is 30.7 Å². The molecule has 1 aromatic rings. The Morgan fingerprint density at radius 1 is 1.64 bits per heavy atom. The molecule has 0 saturated heterocycles. The summed E-state index contributed by atoms with van der Waals surface area (Å²) >= 11 is 0. The third-order valence-electron chi connectivity index (χ3n) is 1.97. The lowest BCUT2D eigenvalue weighted by molar-refractivity contribution is 0.421. The Hall–Kier alpha value is -0.760. The Morgan fingerprint density at radius 3 is 2.73 bits per heavy atom. The van der Waals surface area contributed by atoms with E-state index in [1.165, 1.54) is 5.56 Å². The standard InChI is InChI=1S/C9H15NO/c1-4-8(10-3)9-7(2)5-6-11-9/h5-6,8,10H,4H2,1-3H3. The van der Waals surface area contributed by atoms with Gasteiger partial charge in [-0.1, -0.05) is 6.92 Å². The molecule has 1 unspecified atom stereocenters. The molecule has 2 nitrogen and oxygen atoms in total. The second-order valence-corrected chi connectivity index (χ2v) is 2.72. The number of aryl methyl sites for hydroxylation is 1. The smallest absolute Gasteiger partial charge is 0.123 e. The van der Waals surface area contributed by atoms with Crippen LogP contribution in [0.25, 0.3) is 0 Å². The Kier molecular flexibility index (Phi) is 2.71. The lowest BCUT2D eigenvalue weighted by atomic mass is 10.1. The van der Waals surface area contributed by atoms with Crippen LogP contribution < -0.4 is 5.32 Å². The molecule has 0 aliphatic heterocycles. The molecule has 1 heterocycles. The number of hydrogen-bond donors (Lipinski definition) is 1. The Morgan fingerprint density at radius 2 is 2.36 bits per heavy atom. The summed E-state index contributed by atoms with van der Waals surface area (Å²) in [6, 6.07) is 2.36. The van der Waals surface area contributed by atoms with Crippen molar-refractivity contribution in [3.05, 3.63) is 23.7 Å². The first-order valence-electron chi connectivity index (χ1n) is 4.00. The van der Waals surface area contributed by atoms with Crippen LogP contribution in [0, 0.1) is 6.92 Å². The first-order valence-corrected chi connectivity index (χ1v) is 4.00. The zero-order valence-electron chi connectivity index (χ0n) is 7.35. The van der Waals surface area contributed by atoms with Crippen molar-refractivity contribution in [3.8, 4) is 0 Å². The minimum absolute atomic E-state index is 0.366. The van der Waals surface area contributed by atoms with E-state index in [9.17, 15) is 0 Å². The fourth-order valence-electron chi connectivity index (χ4n) is 1.26. The van der Waals surface area contributed by atoms with Gasteiger partial charge in [0.15, 0.2) is 0 Å². The van der Waals surface area contributed by atoms with Gasteiger partial charge in [0.05, 0.1) is 12.3 Å². The van der Waals surface area contributed by atoms with Gasteiger partial charge in [-0.25, -0.2) is 0 Å². The lowest BCUT2D eigenvalue weighted by Gasteiger charge is -2.11. The number of nitrogens with one attached hydrogen (secondary N) is 1. The molecule has 2 heteroatoms. The molecular formula is C9H15NO. The zero-order chi connectivity index (χ0) is 8.27. The predicted molar refractivity (Wildman–Crippen MR) is 45.5 cm³/mol. The fraction of sp³-hybridized carbons (Fsp3) is 0.556. The van der Waals surface area contributed by atoms with Gasteiger partial charge in [-0.3, -0.25) is 0 Å². The molecule has 0 saturated carbocycles. The second-order valence-electron chi connectivity index (χ2n) is 2.72. The molecule has 0 radical (unpaired) electrons. The van der Waals surface area contributed by atoms with Crippen molar-refractivity contribution >= 4 is 0 Å². The molecule has 0 fully saturated rings. The number of rotatable bonds is 3. The van der Waals surface area contributed by atoms with E-state index in [-0.39, 0.29) is 0 Å². The van der Waals surface area contributed by atoms with Gasteiger partial charge in [-0.15, -0.1) is 0 Å². The molecule has 11 heavy (non-hydrogen) atoms. The summed E-state index contributed by atoms with van der Waals surface area (Å²) in [4.78, 5) is 0. The quantitative estimate of drug-likeness (QED) is 0.720. The van der Waals surface area contributed by atoms with Crippen LogP contribution in [-0.4, -0.2) is 7.05 Å². The average molecular weight is 153 g/mol. The molecule has 0 spiro atoms. The van der Waals surface area contributed by atoms with Crippen LogP contribution in [0.3, 0.4) is 0 Å². The van der Waals surface area contributed by atoms with Crippen molar-refractivity contribution in [2.45, 2.75) is 26.3 Å².